The van der Waals surface area contributed by atoms with Crippen LogP contribution in [-0.2, 0) is 9.59 Å². The van der Waals surface area contributed by atoms with E-state index in [-0.39, 0.29) is 17.7 Å². The van der Waals surface area contributed by atoms with Gasteiger partial charge in [0.2, 0.25) is 5.91 Å². The lowest BCUT2D eigenvalue weighted by Gasteiger charge is -2.39. The summed E-state index contributed by atoms with van der Waals surface area (Å²) in [6.45, 7) is 7.62. The van der Waals surface area contributed by atoms with E-state index in [2.05, 4.69) is 5.32 Å². The van der Waals surface area contributed by atoms with Gasteiger partial charge in [-0.2, -0.15) is 0 Å². The van der Waals surface area contributed by atoms with Crippen molar-refractivity contribution < 1.29 is 9.59 Å². The molecule has 1 aliphatic rings. The normalized spacial score (nSPS) is 24.0. The highest BCUT2D eigenvalue weighted by Crippen LogP contribution is 2.28. The molecule has 2 rings (SSSR count). The van der Waals surface area contributed by atoms with Crippen molar-refractivity contribution >= 4 is 29.1 Å². The fraction of sp³-hybridized carbons (Fsp3) is 0.500. The quantitative estimate of drug-likeness (QED) is 0.933. The van der Waals surface area contributed by atoms with Crippen molar-refractivity contribution in [3.05, 3.63) is 28.8 Å². The second kappa shape index (κ2) is 6.06. The maximum Gasteiger partial charge on any atom is 0.250 e. The van der Waals surface area contributed by atoms with E-state index in [1.807, 2.05) is 32.9 Å². The molecule has 0 bridgehead atoms. The lowest BCUT2D eigenvalue weighted by atomic mass is 9.94. The Morgan fingerprint density at radius 2 is 2.05 bits per heavy atom. The first-order valence-corrected chi connectivity index (χ1v) is 7.64. The van der Waals surface area contributed by atoms with Crippen LogP contribution < -0.4 is 10.2 Å². The van der Waals surface area contributed by atoms with Crippen molar-refractivity contribution in [2.75, 3.05) is 4.90 Å². The Labute approximate surface area is 130 Å². The molecular weight excluding hydrogens is 288 g/mol. The summed E-state index contributed by atoms with van der Waals surface area (Å²) in [7, 11) is 0. The third-order valence-electron chi connectivity index (χ3n) is 4.21. The van der Waals surface area contributed by atoms with Crippen LogP contribution in [-0.4, -0.2) is 23.9 Å². The molecule has 5 heteroatoms. The number of anilines is 1. The van der Waals surface area contributed by atoms with Gasteiger partial charge >= 0.3 is 0 Å². The summed E-state index contributed by atoms with van der Waals surface area (Å²) in [5.41, 5.74) is 1.62. The minimum atomic E-state index is -0.531. The first-order chi connectivity index (χ1) is 9.86. The van der Waals surface area contributed by atoms with Crippen LogP contribution in [0.15, 0.2) is 18.2 Å². The van der Waals surface area contributed by atoms with Gasteiger partial charge in [0.25, 0.3) is 5.91 Å². The molecule has 0 radical (unpaired) electrons. The van der Waals surface area contributed by atoms with Gasteiger partial charge in [0.1, 0.15) is 12.1 Å². The molecule has 0 saturated carbocycles. The standard InChI is InChI=1S/C16H21ClN2O2/c1-5-9(2)14-16(21)19(11(4)15(20)18-14)12-7-6-10(3)13(17)8-12/h6-9,11,14H,5H2,1-4H3,(H,18,20). The Hall–Kier alpha value is -1.55. The van der Waals surface area contributed by atoms with Gasteiger partial charge < -0.3 is 5.32 Å². The Kier molecular flexibility index (Phi) is 4.57. The zero-order valence-electron chi connectivity index (χ0n) is 12.8. The van der Waals surface area contributed by atoms with Gasteiger partial charge in [0.15, 0.2) is 0 Å². The van der Waals surface area contributed by atoms with Crippen molar-refractivity contribution in [2.24, 2.45) is 5.92 Å². The van der Waals surface area contributed by atoms with Crippen LogP contribution in [0.25, 0.3) is 0 Å². The van der Waals surface area contributed by atoms with E-state index < -0.39 is 12.1 Å². The largest absolute Gasteiger partial charge is 0.342 e. The van der Waals surface area contributed by atoms with Gasteiger partial charge in [-0.1, -0.05) is 37.9 Å². The second-order valence-corrected chi connectivity index (χ2v) is 6.10. The number of hydrogen-bond acceptors (Lipinski definition) is 2. The van der Waals surface area contributed by atoms with Gasteiger partial charge in [0.05, 0.1) is 0 Å². The van der Waals surface area contributed by atoms with E-state index in [1.165, 1.54) is 0 Å². The molecule has 3 unspecified atom stereocenters. The number of carbonyl (C=O) groups excluding carboxylic acids is 2. The number of hydrogen-bond donors (Lipinski definition) is 1. The van der Waals surface area contributed by atoms with Crippen LogP contribution >= 0.6 is 11.6 Å². The third kappa shape index (κ3) is 2.91. The Bertz CT molecular complexity index is 573. The lowest BCUT2D eigenvalue weighted by Crippen LogP contribution is -2.64. The molecule has 1 aliphatic heterocycles. The Morgan fingerprint density at radius 1 is 1.38 bits per heavy atom. The number of rotatable bonds is 3. The SMILES string of the molecule is CCC(C)C1NC(=O)C(C)N(c2ccc(C)c(Cl)c2)C1=O. The van der Waals surface area contributed by atoms with Crippen LogP contribution in [0.1, 0.15) is 32.8 Å². The first kappa shape index (κ1) is 15.8. The molecule has 4 nitrogen and oxygen atoms in total. The fourth-order valence-electron chi connectivity index (χ4n) is 2.50. The van der Waals surface area contributed by atoms with Crippen LogP contribution in [0.2, 0.25) is 5.02 Å². The summed E-state index contributed by atoms with van der Waals surface area (Å²) in [4.78, 5) is 26.5. The van der Waals surface area contributed by atoms with Gasteiger partial charge in [-0.05, 0) is 37.5 Å². The minimum Gasteiger partial charge on any atom is -0.342 e. The zero-order valence-corrected chi connectivity index (χ0v) is 13.6. The van der Waals surface area contributed by atoms with Crippen LogP contribution in [0, 0.1) is 12.8 Å². The number of piperazine rings is 1. The maximum absolute atomic E-state index is 12.7. The highest BCUT2D eigenvalue weighted by atomic mass is 35.5. The molecule has 2 amide bonds. The highest BCUT2D eigenvalue weighted by Gasteiger charge is 2.40. The topological polar surface area (TPSA) is 49.4 Å². The van der Waals surface area contributed by atoms with Gasteiger partial charge in [-0.3, -0.25) is 14.5 Å². The predicted molar refractivity (Wildman–Crippen MR) is 84.5 cm³/mol. The summed E-state index contributed by atoms with van der Waals surface area (Å²) < 4.78 is 0. The molecule has 0 spiro atoms. The summed E-state index contributed by atoms with van der Waals surface area (Å²) in [6, 6.07) is 4.44. The fourth-order valence-corrected chi connectivity index (χ4v) is 2.67. The zero-order chi connectivity index (χ0) is 15.7. The van der Waals surface area contributed by atoms with Crippen LogP contribution in [0.3, 0.4) is 0 Å². The average Bonchev–Trinajstić information content (AvgIpc) is 2.46. The van der Waals surface area contributed by atoms with Crippen molar-refractivity contribution in [2.45, 2.75) is 46.2 Å². The molecular formula is C16H21ClN2O2. The van der Waals surface area contributed by atoms with Crippen LogP contribution in [0.5, 0.6) is 0 Å². The maximum atomic E-state index is 12.7. The number of amides is 2. The molecule has 0 aliphatic carbocycles. The van der Waals surface area contributed by atoms with E-state index in [0.29, 0.717) is 10.7 Å². The van der Waals surface area contributed by atoms with Crippen molar-refractivity contribution in [3.8, 4) is 0 Å². The lowest BCUT2D eigenvalue weighted by molar-refractivity contribution is -0.134. The van der Waals surface area contributed by atoms with Gasteiger partial charge in [0, 0.05) is 10.7 Å². The summed E-state index contributed by atoms with van der Waals surface area (Å²) in [5.74, 6) is -0.106. The van der Waals surface area contributed by atoms with Gasteiger partial charge in [-0.25, -0.2) is 0 Å². The molecule has 1 saturated heterocycles. The number of aryl methyl sites for hydroxylation is 1. The molecule has 0 aromatic heterocycles. The second-order valence-electron chi connectivity index (χ2n) is 5.69. The van der Waals surface area contributed by atoms with E-state index >= 15 is 0 Å². The number of benzene rings is 1. The smallest absolute Gasteiger partial charge is 0.250 e. The third-order valence-corrected chi connectivity index (χ3v) is 4.62. The number of carbonyl (C=O) groups is 2. The highest BCUT2D eigenvalue weighted by molar-refractivity contribution is 6.31. The predicted octanol–water partition coefficient (Wildman–Crippen LogP) is 2.91. The summed E-state index contributed by atoms with van der Waals surface area (Å²) >= 11 is 6.15. The van der Waals surface area contributed by atoms with E-state index in [0.717, 1.165) is 12.0 Å². The summed E-state index contributed by atoms with van der Waals surface area (Å²) in [6.07, 6.45) is 0.827. The van der Waals surface area contributed by atoms with Crippen molar-refractivity contribution in [1.82, 2.24) is 5.32 Å². The van der Waals surface area contributed by atoms with E-state index in [9.17, 15) is 9.59 Å². The number of halogens is 1. The first-order valence-electron chi connectivity index (χ1n) is 7.26. The summed E-state index contributed by atoms with van der Waals surface area (Å²) in [5, 5.41) is 3.43. The number of nitrogens with zero attached hydrogens (tertiary/aromatic N) is 1. The van der Waals surface area contributed by atoms with Gasteiger partial charge in [-0.15, -0.1) is 0 Å². The average molecular weight is 309 g/mol. The molecule has 3 atom stereocenters. The molecule has 1 aromatic carbocycles. The molecule has 114 valence electrons. The van der Waals surface area contributed by atoms with Crippen molar-refractivity contribution in [1.29, 1.82) is 0 Å². The Morgan fingerprint density at radius 3 is 2.62 bits per heavy atom. The monoisotopic (exact) mass is 308 g/mol. The van der Waals surface area contributed by atoms with E-state index in [1.54, 1.807) is 17.9 Å². The molecule has 1 heterocycles. The van der Waals surface area contributed by atoms with Crippen LogP contribution in [0.4, 0.5) is 5.69 Å². The minimum absolute atomic E-state index is 0.0728. The van der Waals surface area contributed by atoms with Crippen molar-refractivity contribution in [3.63, 3.8) is 0 Å². The molecule has 1 N–H and O–H groups in total. The molecule has 21 heavy (non-hydrogen) atoms. The molecule has 1 aromatic rings. The number of nitrogens with one attached hydrogen (secondary N) is 1. The Balaban J connectivity index is 2.40. The molecule has 1 fully saturated rings. The van der Waals surface area contributed by atoms with E-state index in [4.69, 9.17) is 11.6 Å².